The Labute approximate surface area is 98.7 Å². The molecular weight excluding hydrogens is 204 g/mol. The molecule has 0 radical (unpaired) electrons. The van der Waals surface area contributed by atoms with Crippen molar-refractivity contribution in [2.45, 2.75) is 57.9 Å². The molecule has 0 bridgehead atoms. The molecule has 1 unspecified atom stereocenters. The van der Waals surface area contributed by atoms with Gasteiger partial charge in [-0.2, -0.15) is 11.8 Å². The highest BCUT2D eigenvalue weighted by atomic mass is 32.2. The molecule has 1 atom stereocenters. The molecule has 0 aromatic heterocycles. The van der Waals surface area contributed by atoms with Crippen LogP contribution in [-0.4, -0.2) is 17.5 Å². The van der Waals surface area contributed by atoms with Crippen molar-refractivity contribution >= 4 is 11.8 Å². The van der Waals surface area contributed by atoms with E-state index in [0.717, 1.165) is 5.92 Å². The van der Waals surface area contributed by atoms with E-state index in [0.29, 0.717) is 6.04 Å². The highest BCUT2D eigenvalue weighted by Crippen LogP contribution is 2.27. The van der Waals surface area contributed by atoms with Crippen LogP contribution in [0.3, 0.4) is 0 Å². The van der Waals surface area contributed by atoms with E-state index in [1.165, 1.54) is 56.5 Å². The third-order valence-corrected chi connectivity index (χ3v) is 4.40. The van der Waals surface area contributed by atoms with Crippen LogP contribution in [0.1, 0.15) is 51.9 Å². The number of nitrogens with one attached hydrogen (secondary N) is 1. The van der Waals surface area contributed by atoms with Crippen LogP contribution >= 0.6 is 11.8 Å². The van der Waals surface area contributed by atoms with Crippen LogP contribution in [0.5, 0.6) is 0 Å². The molecule has 1 saturated heterocycles. The van der Waals surface area contributed by atoms with Gasteiger partial charge in [0.1, 0.15) is 0 Å². The van der Waals surface area contributed by atoms with Crippen molar-refractivity contribution in [3.8, 4) is 0 Å². The topological polar surface area (TPSA) is 38.0 Å². The number of hydrazine groups is 1. The molecule has 0 saturated carbocycles. The standard InChI is InChI=1S/C12H26N2S/c1-2-3-4-5-12(14-13)10-11-6-8-15-9-7-11/h11-12,14H,2-10,13H2,1H3. The molecule has 90 valence electrons. The Balaban J connectivity index is 2.13. The summed E-state index contributed by atoms with van der Waals surface area (Å²) in [7, 11) is 0. The summed E-state index contributed by atoms with van der Waals surface area (Å²) >= 11 is 2.10. The molecule has 0 aromatic carbocycles. The Morgan fingerprint density at radius 2 is 2.07 bits per heavy atom. The summed E-state index contributed by atoms with van der Waals surface area (Å²) in [4.78, 5) is 0. The van der Waals surface area contributed by atoms with Crippen molar-refractivity contribution in [2.24, 2.45) is 11.8 Å². The summed E-state index contributed by atoms with van der Waals surface area (Å²) in [6, 6.07) is 0.560. The fourth-order valence-corrected chi connectivity index (χ4v) is 3.50. The van der Waals surface area contributed by atoms with E-state index in [-0.39, 0.29) is 0 Å². The largest absolute Gasteiger partial charge is 0.271 e. The Bertz CT molecular complexity index is 147. The first-order valence-corrected chi connectivity index (χ1v) is 7.56. The fourth-order valence-electron chi connectivity index (χ4n) is 2.29. The van der Waals surface area contributed by atoms with Gasteiger partial charge in [-0.1, -0.05) is 26.2 Å². The van der Waals surface area contributed by atoms with Crippen molar-refractivity contribution in [3.05, 3.63) is 0 Å². The first-order chi connectivity index (χ1) is 7.36. The van der Waals surface area contributed by atoms with Crippen LogP contribution in [0, 0.1) is 5.92 Å². The SMILES string of the molecule is CCCCCC(CC1CCSCC1)NN. The van der Waals surface area contributed by atoms with E-state index in [9.17, 15) is 0 Å². The molecular formula is C12H26N2S. The monoisotopic (exact) mass is 230 g/mol. The smallest absolute Gasteiger partial charge is 0.0213 e. The van der Waals surface area contributed by atoms with Crippen LogP contribution in [-0.2, 0) is 0 Å². The molecule has 3 heteroatoms. The maximum atomic E-state index is 5.62. The molecule has 0 aromatic rings. The molecule has 1 heterocycles. The lowest BCUT2D eigenvalue weighted by atomic mass is 9.92. The Morgan fingerprint density at radius 1 is 1.33 bits per heavy atom. The highest BCUT2D eigenvalue weighted by Gasteiger charge is 2.17. The lowest BCUT2D eigenvalue weighted by Crippen LogP contribution is -2.37. The van der Waals surface area contributed by atoms with E-state index < -0.39 is 0 Å². The zero-order valence-electron chi connectivity index (χ0n) is 10.0. The van der Waals surface area contributed by atoms with Gasteiger partial charge in [-0.05, 0) is 43.1 Å². The Hall–Kier alpha value is 0.270. The third kappa shape index (κ3) is 5.79. The maximum absolute atomic E-state index is 5.62. The van der Waals surface area contributed by atoms with E-state index in [2.05, 4.69) is 24.1 Å². The van der Waals surface area contributed by atoms with Gasteiger partial charge in [0, 0.05) is 6.04 Å². The van der Waals surface area contributed by atoms with E-state index >= 15 is 0 Å². The second-order valence-corrected chi connectivity index (χ2v) is 5.88. The van der Waals surface area contributed by atoms with Gasteiger partial charge < -0.3 is 0 Å². The van der Waals surface area contributed by atoms with Gasteiger partial charge in [0.25, 0.3) is 0 Å². The van der Waals surface area contributed by atoms with Crippen molar-refractivity contribution < 1.29 is 0 Å². The molecule has 2 nitrogen and oxygen atoms in total. The molecule has 1 aliphatic rings. The average Bonchev–Trinajstić information content (AvgIpc) is 2.29. The molecule has 0 amide bonds. The summed E-state index contributed by atoms with van der Waals surface area (Å²) in [6.07, 6.45) is 9.32. The van der Waals surface area contributed by atoms with Gasteiger partial charge in [0.15, 0.2) is 0 Å². The first kappa shape index (κ1) is 13.3. The number of thioether (sulfide) groups is 1. The Kier molecular flexibility index (Phi) is 7.49. The summed E-state index contributed by atoms with van der Waals surface area (Å²) in [5, 5.41) is 0. The Morgan fingerprint density at radius 3 is 2.67 bits per heavy atom. The van der Waals surface area contributed by atoms with Gasteiger partial charge in [-0.3, -0.25) is 11.3 Å². The van der Waals surface area contributed by atoms with Crippen molar-refractivity contribution in [3.63, 3.8) is 0 Å². The number of rotatable bonds is 7. The second kappa shape index (κ2) is 8.43. The van der Waals surface area contributed by atoms with Crippen molar-refractivity contribution in [1.29, 1.82) is 0 Å². The van der Waals surface area contributed by atoms with E-state index in [1.807, 2.05) is 0 Å². The van der Waals surface area contributed by atoms with Crippen LogP contribution in [0.4, 0.5) is 0 Å². The molecule has 1 rings (SSSR count). The zero-order chi connectivity index (χ0) is 10.9. The van der Waals surface area contributed by atoms with Crippen LogP contribution in [0.15, 0.2) is 0 Å². The van der Waals surface area contributed by atoms with Crippen LogP contribution < -0.4 is 11.3 Å². The van der Waals surface area contributed by atoms with Gasteiger partial charge in [0.2, 0.25) is 0 Å². The molecule has 15 heavy (non-hydrogen) atoms. The summed E-state index contributed by atoms with van der Waals surface area (Å²) in [5.41, 5.74) is 3.00. The minimum Gasteiger partial charge on any atom is -0.271 e. The van der Waals surface area contributed by atoms with Gasteiger partial charge >= 0.3 is 0 Å². The van der Waals surface area contributed by atoms with Crippen molar-refractivity contribution in [1.82, 2.24) is 5.43 Å². The first-order valence-electron chi connectivity index (χ1n) is 6.40. The number of nitrogens with two attached hydrogens (primary N) is 1. The lowest BCUT2D eigenvalue weighted by Gasteiger charge is -2.25. The summed E-state index contributed by atoms with van der Waals surface area (Å²) in [6.45, 7) is 2.25. The fraction of sp³-hybridized carbons (Fsp3) is 1.00. The highest BCUT2D eigenvalue weighted by molar-refractivity contribution is 7.99. The molecule has 0 spiro atoms. The molecule has 1 aliphatic heterocycles. The van der Waals surface area contributed by atoms with Gasteiger partial charge in [-0.25, -0.2) is 0 Å². The minimum atomic E-state index is 0.560. The van der Waals surface area contributed by atoms with E-state index in [1.54, 1.807) is 0 Å². The van der Waals surface area contributed by atoms with Gasteiger partial charge in [0.05, 0.1) is 0 Å². The third-order valence-electron chi connectivity index (χ3n) is 3.35. The number of hydrogen-bond acceptors (Lipinski definition) is 3. The second-order valence-electron chi connectivity index (χ2n) is 4.65. The van der Waals surface area contributed by atoms with Crippen molar-refractivity contribution in [2.75, 3.05) is 11.5 Å². The summed E-state index contributed by atoms with van der Waals surface area (Å²) in [5.74, 6) is 9.26. The molecule has 0 aliphatic carbocycles. The van der Waals surface area contributed by atoms with Crippen LogP contribution in [0.25, 0.3) is 0 Å². The number of unbranched alkanes of at least 4 members (excludes halogenated alkanes) is 2. The zero-order valence-corrected chi connectivity index (χ0v) is 10.8. The predicted octanol–water partition coefficient (Wildman–Crippen LogP) is 2.93. The maximum Gasteiger partial charge on any atom is 0.0213 e. The molecule has 1 fully saturated rings. The van der Waals surface area contributed by atoms with Crippen LogP contribution in [0.2, 0.25) is 0 Å². The minimum absolute atomic E-state index is 0.560. The predicted molar refractivity (Wildman–Crippen MR) is 69.9 cm³/mol. The van der Waals surface area contributed by atoms with E-state index in [4.69, 9.17) is 5.84 Å². The number of hydrogen-bond donors (Lipinski definition) is 2. The van der Waals surface area contributed by atoms with Gasteiger partial charge in [-0.15, -0.1) is 0 Å². The normalized spacial score (nSPS) is 20.4. The quantitative estimate of drug-likeness (QED) is 0.401. The molecule has 3 N–H and O–H groups in total. The average molecular weight is 230 g/mol. The lowest BCUT2D eigenvalue weighted by molar-refractivity contribution is 0.347. The summed E-state index contributed by atoms with van der Waals surface area (Å²) < 4.78 is 0.